The van der Waals surface area contributed by atoms with E-state index in [1.807, 2.05) is 31.2 Å². The minimum atomic E-state index is -0.0824. The number of methoxy groups -OCH3 is 1. The van der Waals surface area contributed by atoms with Gasteiger partial charge in [-0.3, -0.25) is 9.59 Å². The maximum Gasteiger partial charge on any atom is 0.267 e. The number of amides is 2. The van der Waals surface area contributed by atoms with Crippen LogP contribution in [-0.2, 0) is 4.79 Å². The lowest BCUT2D eigenvalue weighted by Crippen LogP contribution is -2.41. The van der Waals surface area contributed by atoms with Crippen molar-refractivity contribution in [1.29, 1.82) is 0 Å². The minimum absolute atomic E-state index is 0.00402. The Bertz CT molecular complexity index is 747. The summed E-state index contributed by atoms with van der Waals surface area (Å²) in [5.41, 5.74) is 1.62. The van der Waals surface area contributed by atoms with Crippen LogP contribution in [0.3, 0.4) is 0 Å². The van der Waals surface area contributed by atoms with E-state index in [1.54, 1.807) is 25.4 Å². The molecule has 6 nitrogen and oxygen atoms in total. The van der Waals surface area contributed by atoms with Gasteiger partial charge in [-0.25, -0.2) is 0 Å². The molecule has 3 rings (SSSR count). The summed E-state index contributed by atoms with van der Waals surface area (Å²) >= 11 is 0. The second-order valence-electron chi connectivity index (χ2n) is 7.11. The highest BCUT2D eigenvalue weighted by Crippen LogP contribution is 2.26. The smallest absolute Gasteiger partial charge is 0.267 e. The van der Waals surface area contributed by atoms with Crippen LogP contribution in [0.15, 0.2) is 42.6 Å². The Balaban J connectivity index is 1.45. The first-order chi connectivity index (χ1) is 13.1. The maximum atomic E-state index is 12.6. The van der Waals surface area contributed by atoms with Crippen molar-refractivity contribution >= 4 is 11.8 Å². The molecular formula is C21H27N3O3. The predicted octanol–water partition coefficient (Wildman–Crippen LogP) is 3.19. The molecule has 27 heavy (non-hydrogen) atoms. The fourth-order valence-electron chi connectivity index (χ4n) is 3.54. The molecule has 0 saturated heterocycles. The molecule has 2 aromatic rings. The number of nitrogens with one attached hydrogen (secondary N) is 3. The minimum Gasteiger partial charge on any atom is -0.497 e. The average Bonchev–Trinajstić information content (AvgIpc) is 3.23. The zero-order valence-electron chi connectivity index (χ0n) is 15.8. The van der Waals surface area contributed by atoms with E-state index in [2.05, 4.69) is 15.6 Å². The summed E-state index contributed by atoms with van der Waals surface area (Å²) in [5, 5.41) is 6.15. The van der Waals surface area contributed by atoms with Gasteiger partial charge < -0.3 is 20.4 Å². The molecule has 144 valence electrons. The highest BCUT2D eigenvalue weighted by Gasteiger charge is 2.28. The molecule has 0 unspecified atom stereocenters. The second-order valence-corrected chi connectivity index (χ2v) is 7.11. The molecule has 1 fully saturated rings. The van der Waals surface area contributed by atoms with Crippen molar-refractivity contribution in [1.82, 2.24) is 15.6 Å². The van der Waals surface area contributed by atoms with Gasteiger partial charge in [0.15, 0.2) is 0 Å². The monoisotopic (exact) mass is 369 g/mol. The number of carbonyl (C=O) groups excluding carboxylic acids is 2. The zero-order chi connectivity index (χ0) is 19.2. The summed E-state index contributed by atoms with van der Waals surface area (Å²) in [5.74, 6) is 0.815. The molecule has 1 aliphatic carbocycles. The SMILES string of the molecule is COc1ccc([C@@H](C)NC(=O)C2CCC(NC(=O)c3ccc[nH]3)CC2)cc1. The van der Waals surface area contributed by atoms with Gasteiger partial charge in [0.05, 0.1) is 13.2 Å². The van der Waals surface area contributed by atoms with Crippen LogP contribution in [0.25, 0.3) is 0 Å². The highest BCUT2D eigenvalue weighted by atomic mass is 16.5. The standard InChI is InChI=1S/C21H27N3O3/c1-14(15-7-11-18(27-2)12-8-15)23-20(25)16-5-9-17(10-6-16)24-21(26)19-4-3-13-22-19/h3-4,7-8,11-14,16-17,22H,5-6,9-10H2,1-2H3,(H,23,25)(H,24,26)/t14-,16?,17?/m1/s1. The number of ether oxygens (including phenoxy) is 1. The van der Waals surface area contributed by atoms with Gasteiger partial charge in [0.2, 0.25) is 5.91 Å². The van der Waals surface area contributed by atoms with Gasteiger partial charge in [-0.2, -0.15) is 0 Å². The van der Waals surface area contributed by atoms with Crippen LogP contribution in [0.2, 0.25) is 0 Å². The molecule has 1 aromatic carbocycles. The third kappa shape index (κ3) is 4.90. The van der Waals surface area contributed by atoms with Crippen molar-refractivity contribution in [2.45, 2.75) is 44.7 Å². The van der Waals surface area contributed by atoms with E-state index in [-0.39, 0.29) is 29.8 Å². The average molecular weight is 369 g/mol. The third-order valence-corrected chi connectivity index (χ3v) is 5.25. The number of H-pyrrole nitrogens is 1. The fraction of sp³-hybridized carbons (Fsp3) is 0.429. The van der Waals surface area contributed by atoms with Crippen molar-refractivity contribution in [3.8, 4) is 5.75 Å². The van der Waals surface area contributed by atoms with E-state index in [0.29, 0.717) is 5.69 Å². The lowest BCUT2D eigenvalue weighted by atomic mass is 9.85. The van der Waals surface area contributed by atoms with Gasteiger partial charge in [0.1, 0.15) is 11.4 Å². The predicted molar refractivity (Wildman–Crippen MR) is 104 cm³/mol. The number of aromatic amines is 1. The molecule has 0 aliphatic heterocycles. The molecule has 0 radical (unpaired) electrons. The van der Waals surface area contributed by atoms with Gasteiger partial charge in [0.25, 0.3) is 5.91 Å². The van der Waals surface area contributed by atoms with E-state index >= 15 is 0 Å². The van der Waals surface area contributed by atoms with Crippen LogP contribution >= 0.6 is 0 Å². The lowest BCUT2D eigenvalue weighted by molar-refractivity contribution is -0.126. The van der Waals surface area contributed by atoms with Crippen molar-refractivity contribution in [2.24, 2.45) is 5.92 Å². The van der Waals surface area contributed by atoms with Crippen LogP contribution < -0.4 is 15.4 Å². The molecule has 1 atom stereocenters. The molecule has 0 bridgehead atoms. The Labute approximate surface area is 159 Å². The number of aromatic nitrogens is 1. The summed E-state index contributed by atoms with van der Waals surface area (Å²) in [4.78, 5) is 27.6. The molecule has 3 N–H and O–H groups in total. The van der Waals surface area contributed by atoms with Crippen LogP contribution in [0.1, 0.15) is 54.7 Å². The summed E-state index contributed by atoms with van der Waals surface area (Å²) in [6, 6.07) is 11.4. The van der Waals surface area contributed by atoms with E-state index in [0.717, 1.165) is 37.0 Å². The Morgan fingerprint density at radius 2 is 1.81 bits per heavy atom. The second kappa shape index (κ2) is 8.75. The van der Waals surface area contributed by atoms with E-state index < -0.39 is 0 Å². The van der Waals surface area contributed by atoms with Gasteiger partial charge in [-0.15, -0.1) is 0 Å². The van der Waals surface area contributed by atoms with Crippen LogP contribution in [0.4, 0.5) is 0 Å². The molecule has 1 saturated carbocycles. The molecular weight excluding hydrogens is 342 g/mol. The number of hydrogen-bond donors (Lipinski definition) is 3. The summed E-state index contributed by atoms with van der Waals surface area (Å²) in [7, 11) is 1.64. The summed E-state index contributed by atoms with van der Waals surface area (Å²) < 4.78 is 5.17. The summed E-state index contributed by atoms with van der Waals surface area (Å²) in [6.45, 7) is 1.99. The lowest BCUT2D eigenvalue weighted by Gasteiger charge is -2.29. The van der Waals surface area contributed by atoms with Gasteiger partial charge >= 0.3 is 0 Å². The number of hydrogen-bond acceptors (Lipinski definition) is 3. The van der Waals surface area contributed by atoms with Crippen molar-refractivity contribution in [3.05, 3.63) is 53.9 Å². The van der Waals surface area contributed by atoms with E-state index in [1.165, 1.54) is 0 Å². The zero-order valence-corrected chi connectivity index (χ0v) is 15.8. The fourth-order valence-corrected chi connectivity index (χ4v) is 3.54. The van der Waals surface area contributed by atoms with Crippen molar-refractivity contribution < 1.29 is 14.3 Å². The quantitative estimate of drug-likeness (QED) is 0.731. The van der Waals surface area contributed by atoms with Crippen molar-refractivity contribution in [3.63, 3.8) is 0 Å². The first kappa shape index (κ1) is 19.0. The highest BCUT2D eigenvalue weighted by molar-refractivity contribution is 5.92. The first-order valence-electron chi connectivity index (χ1n) is 9.45. The van der Waals surface area contributed by atoms with Gasteiger partial charge in [-0.05, 0) is 62.4 Å². The molecule has 1 heterocycles. The largest absolute Gasteiger partial charge is 0.497 e. The van der Waals surface area contributed by atoms with E-state index in [4.69, 9.17) is 4.74 Å². The molecule has 2 amide bonds. The Morgan fingerprint density at radius 1 is 1.11 bits per heavy atom. The molecule has 0 spiro atoms. The van der Waals surface area contributed by atoms with Crippen molar-refractivity contribution in [2.75, 3.05) is 7.11 Å². The Kier molecular flexibility index (Phi) is 6.16. The normalized spacial score (nSPS) is 20.5. The Hall–Kier alpha value is -2.76. The van der Waals surface area contributed by atoms with Crippen LogP contribution in [-0.4, -0.2) is 29.9 Å². The van der Waals surface area contributed by atoms with E-state index in [9.17, 15) is 9.59 Å². The van der Waals surface area contributed by atoms with Crippen LogP contribution in [0, 0.1) is 5.92 Å². The Morgan fingerprint density at radius 3 is 2.41 bits per heavy atom. The molecule has 1 aromatic heterocycles. The topological polar surface area (TPSA) is 83.2 Å². The number of benzene rings is 1. The first-order valence-corrected chi connectivity index (χ1v) is 9.45. The molecule has 6 heteroatoms. The summed E-state index contributed by atoms with van der Waals surface area (Å²) in [6.07, 6.45) is 4.96. The van der Waals surface area contributed by atoms with Crippen LogP contribution in [0.5, 0.6) is 5.75 Å². The number of carbonyl (C=O) groups is 2. The molecule has 1 aliphatic rings. The maximum absolute atomic E-state index is 12.6. The third-order valence-electron chi connectivity index (χ3n) is 5.25. The number of rotatable bonds is 6. The van der Waals surface area contributed by atoms with Gasteiger partial charge in [0, 0.05) is 18.2 Å². The van der Waals surface area contributed by atoms with Gasteiger partial charge in [-0.1, -0.05) is 12.1 Å².